The van der Waals surface area contributed by atoms with Gasteiger partial charge in [0.2, 0.25) is 0 Å². The maximum Gasteiger partial charge on any atom is 0.255 e. The van der Waals surface area contributed by atoms with Gasteiger partial charge in [-0.25, -0.2) is 9.97 Å². The molecule has 0 aliphatic heterocycles. The summed E-state index contributed by atoms with van der Waals surface area (Å²) in [6, 6.07) is 8.41. The van der Waals surface area contributed by atoms with Gasteiger partial charge in [0.25, 0.3) is 5.91 Å². The van der Waals surface area contributed by atoms with Crippen molar-refractivity contribution in [2.24, 2.45) is 0 Å². The number of ether oxygens (including phenoxy) is 2. The fourth-order valence-corrected chi connectivity index (χ4v) is 2.76. The van der Waals surface area contributed by atoms with E-state index < -0.39 is 0 Å². The van der Waals surface area contributed by atoms with Gasteiger partial charge in [-0.15, -0.1) is 0 Å². The van der Waals surface area contributed by atoms with Crippen molar-refractivity contribution in [1.82, 2.24) is 9.97 Å². The third kappa shape index (κ3) is 3.41. The maximum absolute atomic E-state index is 12.7. The normalized spacial score (nSPS) is 10.7. The molecular weight excluding hydrogens is 354 g/mol. The molecule has 6 nitrogen and oxygen atoms in total. The van der Waals surface area contributed by atoms with Gasteiger partial charge in [-0.1, -0.05) is 11.6 Å². The highest BCUT2D eigenvalue weighted by Crippen LogP contribution is 2.36. The Labute approximate surface area is 156 Å². The summed E-state index contributed by atoms with van der Waals surface area (Å²) in [6.45, 7) is 3.79. The van der Waals surface area contributed by atoms with E-state index in [0.29, 0.717) is 33.3 Å². The van der Waals surface area contributed by atoms with Crippen molar-refractivity contribution in [3.05, 3.63) is 52.3 Å². The summed E-state index contributed by atoms with van der Waals surface area (Å²) in [5.74, 6) is 0.587. The van der Waals surface area contributed by atoms with Gasteiger partial charge >= 0.3 is 0 Å². The van der Waals surface area contributed by atoms with Crippen molar-refractivity contribution < 1.29 is 14.3 Å². The van der Waals surface area contributed by atoms with E-state index in [-0.39, 0.29) is 5.91 Å². The Kier molecular flexibility index (Phi) is 4.95. The maximum atomic E-state index is 12.7. The number of anilines is 1. The zero-order valence-electron chi connectivity index (χ0n) is 14.9. The van der Waals surface area contributed by atoms with E-state index in [0.717, 1.165) is 16.9 Å². The Morgan fingerprint density at radius 2 is 1.62 bits per heavy atom. The highest BCUT2D eigenvalue weighted by molar-refractivity contribution is 6.32. The first kappa shape index (κ1) is 17.9. The first-order chi connectivity index (χ1) is 12.4. The molecule has 1 N–H and O–H groups in total. The number of carbonyl (C=O) groups is 1. The van der Waals surface area contributed by atoms with Crippen LogP contribution >= 0.6 is 11.6 Å². The minimum absolute atomic E-state index is 0.297. The Balaban J connectivity index is 1.95. The molecule has 1 amide bonds. The second-order valence-electron chi connectivity index (χ2n) is 5.74. The molecule has 0 spiro atoms. The van der Waals surface area contributed by atoms with E-state index in [1.807, 2.05) is 13.8 Å². The van der Waals surface area contributed by atoms with Crippen molar-refractivity contribution in [3.63, 3.8) is 0 Å². The Morgan fingerprint density at radius 3 is 2.27 bits per heavy atom. The predicted molar refractivity (Wildman–Crippen MR) is 102 cm³/mol. The minimum atomic E-state index is -0.297. The molecule has 0 unspecified atom stereocenters. The summed E-state index contributed by atoms with van der Waals surface area (Å²) in [5, 5.41) is 3.22. The standard InChI is InChI=1S/C19H18ClN3O3/c1-10-11(2)22-15-7-12(5-6-14(15)21-10)19(24)23-16-9-17(25-3)13(20)8-18(16)26-4/h5-9H,1-4H3,(H,23,24). The zero-order valence-corrected chi connectivity index (χ0v) is 15.6. The number of amides is 1. The lowest BCUT2D eigenvalue weighted by molar-refractivity contribution is 0.102. The fraction of sp³-hybridized carbons (Fsp3) is 0.211. The second-order valence-corrected chi connectivity index (χ2v) is 6.15. The fourth-order valence-electron chi connectivity index (χ4n) is 2.52. The van der Waals surface area contributed by atoms with Crippen LogP contribution in [0, 0.1) is 13.8 Å². The number of hydrogen-bond donors (Lipinski definition) is 1. The highest BCUT2D eigenvalue weighted by Gasteiger charge is 2.14. The Bertz CT molecular complexity index is 1000. The number of aryl methyl sites for hydroxylation is 2. The van der Waals surface area contributed by atoms with Gasteiger partial charge in [0.05, 0.1) is 47.4 Å². The Hall–Kier alpha value is -2.86. The molecule has 7 heteroatoms. The third-order valence-electron chi connectivity index (χ3n) is 4.06. The number of carbonyl (C=O) groups excluding carboxylic acids is 1. The van der Waals surface area contributed by atoms with Gasteiger partial charge in [0.15, 0.2) is 0 Å². The molecule has 3 rings (SSSR count). The quantitative estimate of drug-likeness (QED) is 0.745. The number of aromatic nitrogens is 2. The summed E-state index contributed by atoms with van der Waals surface area (Å²) in [4.78, 5) is 21.6. The van der Waals surface area contributed by atoms with Gasteiger partial charge in [0, 0.05) is 17.7 Å². The van der Waals surface area contributed by atoms with Crippen LogP contribution in [0.3, 0.4) is 0 Å². The number of hydrogen-bond acceptors (Lipinski definition) is 5. The molecule has 1 aromatic heterocycles. The van der Waals surface area contributed by atoms with Crippen LogP contribution in [-0.2, 0) is 0 Å². The van der Waals surface area contributed by atoms with Crippen LogP contribution in [0.5, 0.6) is 11.5 Å². The van der Waals surface area contributed by atoms with Crippen LogP contribution in [0.2, 0.25) is 5.02 Å². The molecule has 0 radical (unpaired) electrons. The first-order valence-corrected chi connectivity index (χ1v) is 8.28. The zero-order chi connectivity index (χ0) is 18.8. The number of nitrogens with zero attached hydrogens (tertiary/aromatic N) is 2. The van der Waals surface area contributed by atoms with Crippen LogP contribution in [-0.4, -0.2) is 30.1 Å². The molecule has 3 aromatic rings. The summed E-state index contributed by atoms with van der Waals surface area (Å²) < 4.78 is 10.5. The molecule has 0 saturated carbocycles. The van der Waals surface area contributed by atoms with E-state index >= 15 is 0 Å². The third-order valence-corrected chi connectivity index (χ3v) is 4.36. The van der Waals surface area contributed by atoms with Crippen molar-refractivity contribution >= 4 is 34.2 Å². The van der Waals surface area contributed by atoms with Crippen molar-refractivity contribution in [1.29, 1.82) is 0 Å². The highest BCUT2D eigenvalue weighted by atomic mass is 35.5. The SMILES string of the molecule is COc1cc(NC(=O)c2ccc3nc(C)c(C)nc3c2)c(OC)cc1Cl. The van der Waals surface area contributed by atoms with Gasteiger partial charge < -0.3 is 14.8 Å². The Morgan fingerprint density at radius 1 is 0.962 bits per heavy atom. The minimum Gasteiger partial charge on any atom is -0.495 e. The van der Waals surface area contributed by atoms with E-state index in [4.69, 9.17) is 21.1 Å². The summed E-state index contributed by atoms with van der Waals surface area (Å²) in [7, 11) is 3.01. The molecule has 0 saturated heterocycles. The van der Waals surface area contributed by atoms with Crippen LogP contribution in [0.25, 0.3) is 11.0 Å². The van der Waals surface area contributed by atoms with Gasteiger partial charge in [0.1, 0.15) is 11.5 Å². The second kappa shape index (κ2) is 7.17. The number of fused-ring (bicyclic) bond motifs is 1. The molecule has 1 heterocycles. The topological polar surface area (TPSA) is 73.3 Å². The summed E-state index contributed by atoms with van der Waals surface area (Å²) in [5.41, 5.74) is 4.04. The van der Waals surface area contributed by atoms with Crippen molar-refractivity contribution in [2.45, 2.75) is 13.8 Å². The molecule has 0 bridgehead atoms. The monoisotopic (exact) mass is 371 g/mol. The lowest BCUT2D eigenvalue weighted by atomic mass is 10.1. The number of nitrogens with one attached hydrogen (secondary N) is 1. The van der Waals surface area contributed by atoms with Gasteiger partial charge in [-0.3, -0.25) is 4.79 Å². The van der Waals surface area contributed by atoms with E-state index in [2.05, 4.69) is 15.3 Å². The van der Waals surface area contributed by atoms with Gasteiger partial charge in [-0.05, 0) is 32.0 Å². The van der Waals surface area contributed by atoms with E-state index in [9.17, 15) is 4.79 Å². The number of benzene rings is 2. The lowest BCUT2D eigenvalue weighted by Crippen LogP contribution is -2.13. The van der Waals surface area contributed by atoms with Crippen molar-refractivity contribution in [2.75, 3.05) is 19.5 Å². The van der Waals surface area contributed by atoms with E-state index in [1.165, 1.54) is 14.2 Å². The largest absolute Gasteiger partial charge is 0.495 e. The molecule has 0 aliphatic carbocycles. The molecule has 0 aliphatic rings. The average molecular weight is 372 g/mol. The smallest absolute Gasteiger partial charge is 0.255 e. The van der Waals surface area contributed by atoms with Gasteiger partial charge in [-0.2, -0.15) is 0 Å². The summed E-state index contributed by atoms with van der Waals surface area (Å²) in [6.07, 6.45) is 0. The number of rotatable bonds is 4. The average Bonchev–Trinajstić information content (AvgIpc) is 2.63. The predicted octanol–water partition coefficient (Wildman–Crippen LogP) is 4.17. The molecule has 0 fully saturated rings. The molecular formula is C19H18ClN3O3. The van der Waals surface area contributed by atoms with Crippen LogP contribution in [0.1, 0.15) is 21.7 Å². The van der Waals surface area contributed by atoms with E-state index in [1.54, 1.807) is 30.3 Å². The van der Waals surface area contributed by atoms with Crippen LogP contribution in [0.15, 0.2) is 30.3 Å². The van der Waals surface area contributed by atoms with Crippen LogP contribution in [0.4, 0.5) is 5.69 Å². The molecule has 0 atom stereocenters. The lowest BCUT2D eigenvalue weighted by Gasteiger charge is -2.13. The number of methoxy groups -OCH3 is 2. The first-order valence-electron chi connectivity index (χ1n) is 7.91. The molecule has 134 valence electrons. The number of halogens is 1. The van der Waals surface area contributed by atoms with Crippen molar-refractivity contribution in [3.8, 4) is 11.5 Å². The molecule has 26 heavy (non-hydrogen) atoms. The summed E-state index contributed by atoms with van der Waals surface area (Å²) >= 11 is 6.09. The molecule has 2 aromatic carbocycles. The van der Waals surface area contributed by atoms with Crippen LogP contribution < -0.4 is 14.8 Å².